The van der Waals surface area contributed by atoms with Crippen LogP contribution in [0.15, 0.2) is 72.9 Å². The van der Waals surface area contributed by atoms with Crippen LogP contribution in [-0.2, 0) is 4.79 Å². The van der Waals surface area contributed by atoms with Gasteiger partial charge in [0.25, 0.3) is 0 Å². The Kier molecular flexibility index (Phi) is 6.77. The third kappa shape index (κ3) is 5.44. The molecule has 1 saturated heterocycles. The van der Waals surface area contributed by atoms with Gasteiger partial charge in [0, 0.05) is 48.5 Å². The molecule has 0 saturated carbocycles. The number of likely N-dealkylation sites (tertiary alicyclic amines) is 1. The molecule has 5 rings (SSSR count). The topological polar surface area (TPSA) is 79.4 Å². The van der Waals surface area contributed by atoms with Crippen LogP contribution in [0.5, 0.6) is 5.75 Å². The van der Waals surface area contributed by atoms with Crippen LogP contribution in [-0.4, -0.2) is 53.2 Å². The van der Waals surface area contributed by atoms with E-state index in [0.717, 1.165) is 39.9 Å². The van der Waals surface area contributed by atoms with Gasteiger partial charge < -0.3 is 20.3 Å². The maximum atomic E-state index is 14.3. The van der Waals surface area contributed by atoms with E-state index in [1.165, 1.54) is 6.92 Å². The molecule has 0 radical (unpaired) electrons. The van der Waals surface area contributed by atoms with Gasteiger partial charge in [-0.15, -0.1) is 0 Å². The van der Waals surface area contributed by atoms with Crippen LogP contribution in [0.2, 0.25) is 0 Å². The largest absolute Gasteiger partial charge is 0.487 e. The van der Waals surface area contributed by atoms with E-state index >= 15 is 0 Å². The van der Waals surface area contributed by atoms with Crippen molar-refractivity contribution in [3.8, 4) is 16.9 Å². The van der Waals surface area contributed by atoms with E-state index in [9.17, 15) is 9.18 Å². The number of para-hydroxylation sites is 1. The van der Waals surface area contributed by atoms with Gasteiger partial charge in [0.2, 0.25) is 11.9 Å². The van der Waals surface area contributed by atoms with Crippen molar-refractivity contribution in [3.63, 3.8) is 0 Å². The van der Waals surface area contributed by atoms with Crippen molar-refractivity contribution in [2.45, 2.75) is 25.6 Å². The van der Waals surface area contributed by atoms with Gasteiger partial charge in [0.1, 0.15) is 18.0 Å². The lowest BCUT2D eigenvalue weighted by molar-refractivity contribution is -0.114. The van der Waals surface area contributed by atoms with E-state index in [-0.39, 0.29) is 5.91 Å². The maximum Gasteiger partial charge on any atom is 0.227 e. The molecule has 0 aliphatic carbocycles. The first-order valence-corrected chi connectivity index (χ1v) is 11.9. The Morgan fingerprint density at radius 3 is 2.67 bits per heavy atom. The average Bonchev–Trinajstić information content (AvgIpc) is 2.86. The van der Waals surface area contributed by atoms with Gasteiger partial charge in [-0.25, -0.2) is 14.4 Å². The molecule has 1 aliphatic heterocycles. The molecule has 1 fully saturated rings. The summed E-state index contributed by atoms with van der Waals surface area (Å²) in [6.07, 6.45) is 1.02. The molecule has 0 bridgehead atoms. The van der Waals surface area contributed by atoms with Crippen molar-refractivity contribution >= 4 is 34.1 Å². The number of hydrogen-bond acceptors (Lipinski definition) is 6. The maximum absolute atomic E-state index is 14.3. The number of nitrogens with one attached hydrogen (secondary N) is 2. The predicted octanol–water partition coefficient (Wildman–Crippen LogP) is 5.42. The molecule has 1 aromatic heterocycles. The number of hydrogen-bond donors (Lipinski definition) is 2. The minimum absolute atomic E-state index is 0.119. The van der Waals surface area contributed by atoms with Gasteiger partial charge in [-0.3, -0.25) is 4.79 Å². The van der Waals surface area contributed by atoms with Crippen LogP contribution in [0.25, 0.3) is 22.0 Å². The third-order valence-electron chi connectivity index (χ3n) is 6.19. The molecular weight excluding hydrogens is 457 g/mol. The fourth-order valence-corrected chi connectivity index (χ4v) is 4.41. The van der Waals surface area contributed by atoms with Gasteiger partial charge in [-0.1, -0.05) is 30.3 Å². The number of piperidine rings is 1. The van der Waals surface area contributed by atoms with Crippen LogP contribution in [0, 0.1) is 0 Å². The van der Waals surface area contributed by atoms with Crippen LogP contribution in [0.3, 0.4) is 0 Å². The Morgan fingerprint density at radius 2 is 1.89 bits per heavy atom. The molecule has 0 spiro atoms. The summed E-state index contributed by atoms with van der Waals surface area (Å²) in [6, 6.07) is 21.0. The predicted molar refractivity (Wildman–Crippen MR) is 140 cm³/mol. The Hall–Kier alpha value is -4.04. The molecule has 2 heterocycles. The number of carbonyl (C=O) groups excluding carboxylic acids is 1. The fraction of sp³-hybridized carbons (Fsp3) is 0.250. The number of amides is 1. The van der Waals surface area contributed by atoms with Crippen molar-refractivity contribution in [3.05, 3.63) is 72.9 Å². The number of anilines is 3. The van der Waals surface area contributed by atoms with Crippen molar-refractivity contribution in [2.24, 2.45) is 0 Å². The Bertz CT molecular complexity index is 1380. The zero-order valence-corrected chi connectivity index (χ0v) is 20.2. The second-order valence-electron chi connectivity index (χ2n) is 9.07. The SMILES string of the molecule is CC(=O)Nc1cccc(-c2cccc3cnc(Nc4ccc(OC5CCN(C)CC5F)cc4)nc23)c1. The van der Waals surface area contributed by atoms with E-state index in [1.807, 2.05) is 78.7 Å². The minimum atomic E-state index is -0.999. The highest BCUT2D eigenvalue weighted by atomic mass is 19.1. The quantitative estimate of drug-likeness (QED) is 0.380. The number of aromatic nitrogens is 2. The first-order valence-electron chi connectivity index (χ1n) is 11.9. The lowest BCUT2D eigenvalue weighted by Gasteiger charge is -2.32. The number of ether oxygens (including phenoxy) is 1. The van der Waals surface area contributed by atoms with E-state index in [4.69, 9.17) is 9.72 Å². The smallest absolute Gasteiger partial charge is 0.227 e. The molecule has 4 aromatic rings. The third-order valence-corrected chi connectivity index (χ3v) is 6.19. The summed E-state index contributed by atoms with van der Waals surface area (Å²) < 4.78 is 20.2. The lowest BCUT2D eigenvalue weighted by Crippen LogP contribution is -2.45. The number of nitrogens with zero attached hydrogens (tertiary/aromatic N) is 3. The van der Waals surface area contributed by atoms with E-state index < -0.39 is 12.3 Å². The zero-order valence-electron chi connectivity index (χ0n) is 20.2. The van der Waals surface area contributed by atoms with Crippen molar-refractivity contribution in [2.75, 3.05) is 30.8 Å². The minimum Gasteiger partial charge on any atom is -0.487 e. The molecule has 1 aliphatic rings. The number of benzene rings is 3. The summed E-state index contributed by atoms with van der Waals surface area (Å²) in [6.45, 7) is 2.70. The summed E-state index contributed by atoms with van der Waals surface area (Å²) in [5, 5.41) is 6.97. The standard InChI is InChI=1S/C28H28FN5O2/c1-18(35)31-22-7-3-5-19(15-22)24-8-4-6-20-16-30-28(33-27(20)24)32-21-9-11-23(12-10-21)36-26-13-14-34(2)17-25(26)29/h3-12,15-16,25-26H,13-14,17H2,1-2H3,(H,31,35)(H,30,32,33). The summed E-state index contributed by atoms with van der Waals surface area (Å²) in [4.78, 5) is 22.7. The van der Waals surface area contributed by atoms with Gasteiger partial charge in [-0.2, -0.15) is 0 Å². The molecule has 1 amide bonds. The highest BCUT2D eigenvalue weighted by Crippen LogP contribution is 2.30. The molecule has 184 valence electrons. The van der Waals surface area contributed by atoms with Crippen LogP contribution < -0.4 is 15.4 Å². The summed E-state index contributed by atoms with van der Waals surface area (Å²) in [5.41, 5.74) is 4.20. The normalized spacial score (nSPS) is 18.1. The molecule has 2 atom stereocenters. The Balaban J connectivity index is 1.35. The van der Waals surface area contributed by atoms with Crippen LogP contribution in [0.4, 0.5) is 21.7 Å². The van der Waals surface area contributed by atoms with Crippen molar-refractivity contribution in [1.29, 1.82) is 0 Å². The number of fused-ring (bicyclic) bond motifs is 1. The Morgan fingerprint density at radius 1 is 1.08 bits per heavy atom. The first kappa shape index (κ1) is 23.7. The van der Waals surface area contributed by atoms with Gasteiger partial charge >= 0.3 is 0 Å². The van der Waals surface area contributed by atoms with Gasteiger partial charge in [0.05, 0.1) is 5.52 Å². The molecule has 2 N–H and O–H groups in total. The van der Waals surface area contributed by atoms with Crippen LogP contribution >= 0.6 is 0 Å². The highest BCUT2D eigenvalue weighted by Gasteiger charge is 2.29. The van der Waals surface area contributed by atoms with Gasteiger partial charge in [-0.05, 0) is 55.4 Å². The van der Waals surface area contributed by atoms with E-state index in [2.05, 4.69) is 15.6 Å². The average molecular weight is 486 g/mol. The molecular formula is C28H28FN5O2. The zero-order chi connectivity index (χ0) is 25.1. The van der Waals surface area contributed by atoms with Crippen molar-refractivity contribution < 1.29 is 13.9 Å². The monoisotopic (exact) mass is 485 g/mol. The number of carbonyl (C=O) groups is 1. The number of alkyl halides is 1. The number of halogens is 1. The molecule has 8 heteroatoms. The summed E-state index contributed by atoms with van der Waals surface area (Å²) in [5.74, 6) is 0.977. The molecule has 2 unspecified atom stereocenters. The summed E-state index contributed by atoms with van der Waals surface area (Å²) >= 11 is 0. The molecule has 3 aromatic carbocycles. The molecule has 36 heavy (non-hydrogen) atoms. The Labute approximate surface area is 209 Å². The van der Waals surface area contributed by atoms with E-state index in [0.29, 0.717) is 24.7 Å². The second-order valence-corrected chi connectivity index (χ2v) is 9.07. The molecule has 7 nitrogen and oxygen atoms in total. The second kappa shape index (κ2) is 10.3. The van der Waals surface area contributed by atoms with E-state index in [1.54, 1.807) is 6.20 Å². The fourth-order valence-electron chi connectivity index (χ4n) is 4.41. The van der Waals surface area contributed by atoms with Crippen LogP contribution in [0.1, 0.15) is 13.3 Å². The van der Waals surface area contributed by atoms with Crippen molar-refractivity contribution in [1.82, 2.24) is 14.9 Å². The highest BCUT2D eigenvalue weighted by molar-refractivity contribution is 5.95. The lowest BCUT2D eigenvalue weighted by atomic mass is 10.0. The number of rotatable bonds is 6. The summed E-state index contributed by atoms with van der Waals surface area (Å²) in [7, 11) is 1.92. The first-order chi connectivity index (χ1) is 17.4. The van der Waals surface area contributed by atoms with Gasteiger partial charge in [0.15, 0.2) is 0 Å².